The quantitative estimate of drug-likeness (QED) is 0.310. The van der Waals surface area contributed by atoms with Crippen LogP contribution in [0.5, 0.6) is 0 Å². The van der Waals surface area contributed by atoms with Gasteiger partial charge in [0, 0.05) is 13.2 Å². The Morgan fingerprint density at radius 1 is 1.00 bits per heavy atom. The standard InChI is InChI=1S/C9H22N2O3S.C7H8O4S/c1-11(7-3-4-9-12)8-5-6-10-15(2,13)14;8-5-6-1-3-7(4-2-6)12(9,10)11/h10,12H,3-9H2,1-2H3;1-4,8H,5H2,(H,9,10,11)/p+1. The molecule has 1 aromatic carbocycles. The van der Waals surface area contributed by atoms with Gasteiger partial charge in [-0.1, -0.05) is 12.1 Å². The van der Waals surface area contributed by atoms with E-state index >= 15 is 0 Å². The molecule has 0 radical (unpaired) electrons. The molecule has 0 aliphatic rings. The van der Waals surface area contributed by atoms with Crippen LogP contribution in [0.2, 0.25) is 0 Å². The lowest BCUT2D eigenvalue weighted by molar-refractivity contribution is 0.262. The summed E-state index contributed by atoms with van der Waals surface area (Å²) in [6, 6.07) is 5.55. The molecular weight excluding hydrogens is 396 g/mol. The van der Waals surface area contributed by atoms with Crippen molar-refractivity contribution in [2.45, 2.75) is 30.8 Å². The first-order valence-electron chi connectivity index (χ1n) is 8.43. The second-order valence-electron chi connectivity index (χ2n) is 6.06. The van der Waals surface area contributed by atoms with Crippen molar-refractivity contribution in [1.29, 1.82) is 0 Å². The summed E-state index contributed by atoms with van der Waals surface area (Å²) in [6.07, 6.45) is 3.78. The van der Waals surface area contributed by atoms with Crippen molar-refractivity contribution < 1.29 is 31.6 Å². The van der Waals surface area contributed by atoms with Crippen molar-refractivity contribution in [3.05, 3.63) is 29.8 Å². The number of nitrogens with one attached hydrogen (secondary N) is 1. The Labute approximate surface area is 161 Å². The summed E-state index contributed by atoms with van der Waals surface area (Å²) < 4.78 is 51.9. The molecule has 1 aromatic rings. The Hall–Kier alpha value is -1.08. The van der Waals surface area contributed by atoms with Crippen LogP contribution in [0.3, 0.4) is 0 Å². The third-order valence-corrected chi connectivity index (χ3v) is 5.07. The molecule has 0 atom stereocenters. The number of sulfonamides is 1. The SMILES string of the molecule is CN(CCCCO)CCCNS(C)(=O)=O.O=S(=O)([OH2+])c1ccc(CO)cc1. The predicted molar refractivity (Wildman–Crippen MR) is 104 cm³/mol. The molecule has 0 saturated heterocycles. The van der Waals surface area contributed by atoms with Crippen LogP contribution in [-0.2, 0) is 26.7 Å². The summed E-state index contributed by atoms with van der Waals surface area (Å²) in [6.45, 7) is 2.42. The molecule has 0 unspecified atom stereocenters. The van der Waals surface area contributed by atoms with E-state index in [0.717, 1.165) is 38.6 Å². The average molecular weight is 428 g/mol. The number of rotatable bonds is 11. The van der Waals surface area contributed by atoms with Gasteiger partial charge in [-0.2, -0.15) is 0 Å². The van der Waals surface area contributed by atoms with Crippen molar-refractivity contribution in [3.63, 3.8) is 0 Å². The van der Waals surface area contributed by atoms with E-state index in [1.165, 1.54) is 24.3 Å². The number of benzene rings is 1. The Morgan fingerprint density at radius 3 is 2.00 bits per heavy atom. The fraction of sp³-hybridized carbons (Fsp3) is 0.625. The Kier molecular flexibility index (Phi) is 12.6. The third kappa shape index (κ3) is 14.6. The highest BCUT2D eigenvalue weighted by atomic mass is 32.2. The van der Waals surface area contributed by atoms with Gasteiger partial charge in [-0.3, -0.25) is 0 Å². The zero-order chi connectivity index (χ0) is 20.9. The largest absolute Gasteiger partial charge is 0.409 e. The van der Waals surface area contributed by atoms with Crippen molar-refractivity contribution in [1.82, 2.24) is 9.62 Å². The van der Waals surface area contributed by atoms with Crippen LogP contribution in [0, 0.1) is 0 Å². The first-order valence-corrected chi connectivity index (χ1v) is 11.8. The molecule has 0 fully saturated rings. The van der Waals surface area contributed by atoms with E-state index in [-0.39, 0.29) is 18.1 Å². The maximum atomic E-state index is 10.7. The van der Waals surface area contributed by atoms with Crippen molar-refractivity contribution >= 4 is 20.1 Å². The van der Waals surface area contributed by atoms with Gasteiger partial charge in [0.2, 0.25) is 10.0 Å². The molecule has 0 spiro atoms. The Balaban J connectivity index is 0.000000511. The minimum atomic E-state index is -3.86. The number of nitrogens with zero attached hydrogens (tertiary/aromatic N) is 1. The van der Waals surface area contributed by atoms with E-state index in [1.807, 2.05) is 7.05 Å². The molecule has 9 nitrogen and oxygen atoms in total. The van der Waals surface area contributed by atoms with E-state index in [4.69, 9.17) is 14.8 Å². The molecule has 5 N–H and O–H groups in total. The molecular formula is C16H31N2O7S2+. The zero-order valence-corrected chi connectivity index (χ0v) is 17.4. The highest BCUT2D eigenvalue weighted by Crippen LogP contribution is 2.09. The number of aliphatic hydroxyl groups excluding tert-OH is 2. The number of hydrogen-bond acceptors (Lipinski definition) is 7. The van der Waals surface area contributed by atoms with Crippen molar-refractivity contribution in [2.24, 2.45) is 0 Å². The summed E-state index contributed by atoms with van der Waals surface area (Å²) in [4.78, 5) is 2.08. The Bertz CT molecular complexity index is 720. The molecule has 158 valence electrons. The van der Waals surface area contributed by atoms with E-state index < -0.39 is 20.1 Å². The minimum Gasteiger partial charge on any atom is -0.396 e. The smallest absolute Gasteiger partial charge is 0.396 e. The number of hydrogen-bond donors (Lipinski definition) is 3. The normalized spacial score (nSPS) is 11.9. The van der Waals surface area contributed by atoms with Gasteiger partial charge in [0.05, 0.1) is 12.9 Å². The van der Waals surface area contributed by atoms with E-state index in [1.54, 1.807) is 0 Å². The van der Waals surface area contributed by atoms with Crippen LogP contribution >= 0.6 is 0 Å². The lowest BCUT2D eigenvalue weighted by atomic mass is 10.2. The predicted octanol–water partition coefficient (Wildman–Crippen LogP) is -0.778. The molecule has 0 aromatic heterocycles. The molecule has 11 heteroatoms. The highest BCUT2D eigenvalue weighted by molar-refractivity contribution is 7.88. The topological polar surface area (TPSA) is 147 Å². The van der Waals surface area contributed by atoms with Crippen LogP contribution in [0.15, 0.2) is 29.2 Å². The monoisotopic (exact) mass is 427 g/mol. The van der Waals surface area contributed by atoms with Gasteiger partial charge >= 0.3 is 10.1 Å². The summed E-state index contributed by atoms with van der Waals surface area (Å²) in [5, 5.41) is 17.2. The first-order chi connectivity index (χ1) is 12.5. The molecule has 0 bridgehead atoms. The molecule has 0 amide bonds. The molecule has 0 heterocycles. The van der Waals surface area contributed by atoms with Gasteiger partial charge in [-0.05, 0) is 57.1 Å². The molecule has 0 aliphatic heterocycles. The number of unbranched alkanes of at least 4 members (excludes halogenated alkanes) is 1. The average Bonchev–Trinajstić information content (AvgIpc) is 2.58. The molecule has 0 aliphatic carbocycles. The second-order valence-corrected chi connectivity index (χ2v) is 9.37. The van der Waals surface area contributed by atoms with Gasteiger partial charge in [0.1, 0.15) is 4.90 Å². The lowest BCUT2D eigenvalue weighted by Gasteiger charge is -2.15. The van der Waals surface area contributed by atoms with E-state index in [9.17, 15) is 16.8 Å². The van der Waals surface area contributed by atoms with Crippen molar-refractivity contribution in [3.8, 4) is 0 Å². The molecule has 0 saturated carbocycles. The fourth-order valence-corrected chi connectivity index (χ4v) is 3.00. The van der Waals surface area contributed by atoms with Gasteiger partial charge < -0.3 is 19.7 Å². The van der Waals surface area contributed by atoms with Crippen LogP contribution < -0.4 is 4.72 Å². The maximum Gasteiger partial charge on any atom is 0.409 e. The Morgan fingerprint density at radius 2 is 1.56 bits per heavy atom. The van der Waals surface area contributed by atoms with Gasteiger partial charge in [-0.15, -0.1) is 8.42 Å². The molecule has 27 heavy (non-hydrogen) atoms. The second kappa shape index (κ2) is 13.2. The van der Waals surface area contributed by atoms with Gasteiger partial charge in [-0.25, -0.2) is 13.1 Å². The highest BCUT2D eigenvalue weighted by Gasteiger charge is 2.12. The summed E-state index contributed by atoms with van der Waals surface area (Å²) in [5.41, 5.74) is 0.627. The zero-order valence-electron chi connectivity index (χ0n) is 15.8. The van der Waals surface area contributed by atoms with Crippen LogP contribution in [0.4, 0.5) is 0 Å². The molecule has 1 rings (SSSR count). The van der Waals surface area contributed by atoms with E-state index in [0.29, 0.717) is 12.1 Å². The van der Waals surface area contributed by atoms with Gasteiger partial charge in [0.15, 0.2) is 0 Å². The summed E-state index contributed by atoms with van der Waals surface area (Å²) in [7, 11) is -4.91. The lowest BCUT2D eigenvalue weighted by Crippen LogP contribution is -2.28. The van der Waals surface area contributed by atoms with Crippen LogP contribution in [0.1, 0.15) is 24.8 Å². The third-order valence-electron chi connectivity index (χ3n) is 3.45. The van der Waals surface area contributed by atoms with Crippen LogP contribution in [0.25, 0.3) is 0 Å². The van der Waals surface area contributed by atoms with Gasteiger partial charge in [0.25, 0.3) is 0 Å². The summed E-state index contributed by atoms with van der Waals surface area (Å²) in [5.74, 6) is 0. The van der Waals surface area contributed by atoms with E-state index in [2.05, 4.69) is 9.62 Å². The summed E-state index contributed by atoms with van der Waals surface area (Å²) >= 11 is 0. The first kappa shape index (κ1) is 25.9. The number of aliphatic hydroxyl groups is 2. The van der Waals surface area contributed by atoms with Crippen LogP contribution in [-0.4, -0.2) is 76.0 Å². The fourth-order valence-electron chi connectivity index (χ4n) is 1.99. The maximum absolute atomic E-state index is 10.7. The van der Waals surface area contributed by atoms with Crippen molar-refractivity contribution in [2.75, 3.05) is 39.5 Å². The minimum absolute atomic E-state index is 0.0558.